The molecule has 0 aliphatic heterocycles. The van der Waals surface area contributed by atoms with Crippen LogP contribution in [0.1, 0.15) is 0 Å². The molecule has 0 atom stereocenters. The van der Waals surface area contributed by atoms with Gasteiger partial charge in [0.1, 0.15) is 5.52 Å². The first-order valence-corrected chi connectivity index (χ1v) is 19.0. The van der Waals surface area contributed by atoms with Crippen molar-refractivity contribution in [2.24, 2.45) is 0 Å². The van der Waals surface area contributed by atoms with Gasteiger partial charge in [-0.3, -0.25) is 0 Å². The van der Waals surface area contributed by atoms with E-state index in [1.54, 1.807) is 0 Å². The monoisotopic (exact) mass is 714 g/mol. The molecular formula is C53H34N2O. The van der Waals surface area contributed by atoms with Gasteiger partial charge in [-0.15, -0.1) is 0 Å². The molecule has 0 radical (unpaired) electrons. The quantitative estimate of drug-likeness (QED) is 0.172. The summed E-state index contributed by atoms with van der Waals surface area (Å²) < 4.78 is 8.93. The Labute approximate surface area is 324 Å². The topological polar surface area (TPSA) is 31.0 Å². The van der Waals surface area contributed by atoms with Crippen LogP contribution < -0.4 is 0 Å². The van der Waals surface area contributed by atoms with E-state index in [4.69, 9.17) is 9.40 Å². The fourth-order valence-electron chi connectivity index (χ4n) is 8.47. The van der Waals surface area contributed by atoms with Crippen LogP contribution in [-0.4, -0.2) is 9.55 Å². The predicted molar refractivity (Wildman–Crippen MR) is 233 cm³/mol. The lowest BCUT2D eigenvalue weighted by Gasteiger charge is -2.15. The maximum absolute atomic E-state index is 6.56. The summed E-state index contributed by atoms with van der Waals surface area (Å²) in [4.78, 5) is 4.95. The summed E-state index contributed by atoms with van der Waals surface area (Å²) in [5.74, 6) is 0.613. The normalized spacial score (nSPS) is 11.6. The molecular weight excluding hydrogens is 681 g/mol. The van der Waals surface area contributed by atoms with Crippen LogP contribution in [0.2, 0.25) is 0 Å². The van der Waals surface area contributed by atoms with Crippen molar-refractivity contribution in [1.29, 1.82) is 0 Å². The summed E-state index contributed by atoms with van der Waals surface area (Å²) in [6, 6.07) is 73.4. The second-order valence-electron chi connectivity index (χ2n) is 14.3. The molecule has 3 heteroatoms. The first-order chi connectivity index (χ1) is 27.8. The van der Waals surface area contributed by atoms with Crippen LogP contribution in [-0.2, 0) is 0 Å². The maximum atomic E-state index is 6.56. The third-order valence-electron chi connectivity index (χ3n) is 11.1. The molecule has 0 spiro atoms. The molecule has 0 amide bonds. The number of fused-ring (bicyclic) bond motifs is 5. The molecule has 0 unspecified atom stereocenters. The Morgan fingerprint density at radius 2 is 0.911 bits per heavy atom. The lowest BCUT2D eigenvalue weighted by atomic mass is 9.89. The Hall–Kier alpha value is -7.49. The van der Waals surface area contributed by atoms with Crippen molar-refractivity contribution < 1.29 is 4.42 Å². The number of benzene rings is 9. The van der Waals surface area contributed by atoms with Crippen LogP contribution in [0, 0.1) is 0 Å². The summed E-state index contributed by atoms with van der Waals surface area (Å²) in [5.41, 5.74) is 15.4. The highest BCUT2D eigenvalue weighted by Gasteiger charge is 2.18. The molecule has 262 valence electrons. The van der Waals surface area contributed by atoms with E-state index in [2.05, 4.69) is 205 Å². The summed E-state index contributed by atoms with van der Waals surface area (Å²) in [6.45, 7) is 0. The van der Waals surface area contributed by atoms with Gasteiger partial charge >= 0.3 is 0 Å². The highest BCUT2D eigenvalue weighted by atomic mass is 16.3. The second kappa shape index (κ2) is 13.1. The number of hydrogen-bond donors (Lipinski definition) is 0. The van der Waals surface area contributed by atoms with Crippen LogP contribution in [0.4, 0.5) is 0 Å². The lowest BCUT2D eigenvalue weighted by Crippen LogP contribution is -1.93. The van der Waals surface area contributed by atoms with Crippen molar-refractivity contribution >= 4 is 43.7 Å². The van der Waals surface area contributed by atoms with Crippen LogP contribution in [0.3, 0.4) is 0 Å². The lowest BCUT2D eigenvalue weighted by molar-refractivity contribution is 0.621. The Balaban J connectivity index is 0.973. The van der Waals surface area contributed by atoms with Crippen molar-refractivity contribution in [3.8, 4) is 61.6 Å². The van der Waals surface area contributed by atoms with Gasteiger partial charge in [-0.2, -0.15) is 0 Å². The van der Waals surface area contributed by atoms with Crippen molar-refractivity contribution in [2.75, 3.05) is 0 Å². The molecule has 2 heterocycles. The molecule has 9 aromatic carbocycles. The molecule has 0 fully saturated rings. The van der Waals surface area contributed by atoms with Crippen molar-refractivity contribution in [3.05, 3.63) is 206 Å². The van der Waals surface area contributed by atoms with Crippen LogP contribution in [0.15, 0.2) is 211 Å². The van der Waals surface area contributed by atoms with Crippen LogP contribution in [0.5, 0.6) is 0 Å². The Kier molecular flexibility index (Phi) is 7.49. The predicted octanol–water partition coefficient (Wildman–Crippen LogP) is 14.4. The van der Waals surface area contributed by atoms with E-state index in [0.717, 1.165) is 39.0 Å². The zero-order chi connectivity index (χ0) is 37.0. The van der Waals surface area contributed by atoms with Gasteiger partial charge in [0.25, 0.3) is 0 Å². The number of para-hydroxylation sites is 3. The van der Waals surface area contributed by atoms with Gasteiger partial charge in [-0.1, -0.05) is 158 Å². The number of rotatable bonds is 6. The average molecular weight is 715 g/mol. The van der Waals surface area contributed by atoms with Crippen LogP contribution >= 0.6 is 0 Å². The fraction of sp³-hybridized carbons (Fsp3) is 0. The molecule has 11 aromatic rings. The first-order valence-electron chi connectivity index (χ1n) is 19.0. The minimum atomic E-state index is 0.613. The van der Waals surface area contributed by atoms with Crippen molar-refractivity contribution in [3.63, 3.8) is 0 Å². The largest absolute Gasteiger partial charge is 0.435 e. The average Bonchev–Trinajstić information content (AvgIpc) is 3.86. The standard InChI is InChI=1S/C53H34N2O/c1-2-16-39(17-3-1)55-50-27-11-10-23-46(50)48-34-38(32-33-51(48)55)42-20-7-9-22-44(42)43-21-8-6-19-41(43)36-28-30-37(31-29-36)53-54-49-26-13-25-47(52(49)56-53)45-24-12-15-35-14-4-5-18-40(35)45/h1-34H. The second-order valence-corrected chi connectivity index (χ2v) is 14.3. The summed E-state index contributed by atoms with van der Waals surface area (Å²) in [6.07, 6.45) is 0. The number of nitrogens with zero attached hydrogens (tertiary/aromatic N) is 2. The highest BCUT2D eigenvalue weighted by molar-refractivity contribution is 6.11. The molecule has 2 aromatic heterocycles. The fourth-order valence-corrected chi connectivity index (χ4v) is 8.47. The molecule has 0 saturated heterocycles. The molecule has 0 aliphatic carbocycles. The third kappa shape index (κ3) is 5.25. The van der Waals surface area contributed by atoms with Crippen LogP contribution in [0.25, 0.3) is 105 Å². The summed E-state index contributed by atoms with van der Waals surface area (Å²) in [5, 5.41) is 4.88. The van der Waals surface area contributed by atoms with E-state index in [0.29, 0.717) is 5.89 Å². The van der Waals surface area contributed by atoms with E-state index in [9.17, 15) is 0 Å². The SMILES string of the molecule is c1ccc(-n2c3ccccc3c3cc(-c4ccccc4-c4ccccc4-c4ccc(-c5nc6cccc(-c7cccc8ccccc78)c6o5)cc4)ccc32)cc1. The zero-order valence-corrected chi connectivity index (χ0v) is 30.4. The van der Waals surface area contributed by atoms with Crippen molar-refractivity contribution in [2.45, 2.75) is 0 Å². The van der Waals surface area contributed by atoms with Gasteiger partial charge < -0.3 is 8.98 Å². The van der Waals surface area contributed by atoms with Gasteiger partial charge in [0.05, 0.1) is 11.0 Å². The maximum Gasteiger partial charge on any atom is 0.227 e. The van der Waals surface area contributed by atoms with Gasteiger partial charge in [0.15, 0.2) is 5.58 Å². The zero-order valence-electron chi connectivity index (χ0n) is 30.4. The van der Waals surface area contributed by atoms with Gasteiger partial charge in [-0.25, -0.2) is 4.98 Å². The van der Waals surface area contributed by atoms with E-state index in [1.807, 2.05) is 6.07 Å². The number of oxazole rings is 1. The molecule has 56 heavy (non-hydrogen) atoms. The summed E-state index contributed by atoms with van der Waals surface area (Å²) >= 11 is 0. The molecule has 0 N–H and O–H groups in total. The molecule has 11 rings (SSSR count). The minimum absolute atomic E-state index is 0.613. The van der Waals surface area contributed by atoms with E-state index in [-0.39, 0.29) is 0 Å². The number of aromatic nitrogens is 2. The first kappa shape index (κ1) is 32.0. The Bertz CT molecular complexity index is 3240. The minimum Gasteiger partial charge on any atom is -0.435 e. The smallest absolute Gasteiger partial charge is 0.227 e. The van der Waals surface area contributed by atoms with Gasteiger partial charge in [0.2, 0.25) is 5.89 Å². The summed E-state index contributed by atoms with van der Waals surface area (Å²) in [7, 11) is 0. The highest BCUT2D eigenvalue weighted by Crippen LogP contribution is 2.42. The molecule has 0 bridgehead atoms. The third-order valence-corrected chi connectivity index (χ3v) is 11.1. The van der Waals surface area contributed by atoms with E-state index < -0.39 is 0 Å². The van der Waals surface area contributed by atoms with E-state index in [1.165, 1.54) is 60.4 Å². The molecule has 0 aliphatic rings. The Morgan fingerprint density at radius 1 is 0.357 bits per heavy atom. The van der Waals surface area contributed by atoms with Gasteiger partial charge in [0, 0.05) is 27.6 Å². The van der Waals surface area contributed by atoms with Crippen molar-refractivity contribution in [1.82, 2.24) is 9.55 Å². The number of hydrogen-bond acceptors (Lipinski definition) is 2. The Morgan fingerprint density at radius 3 is 1.71 bits per heavy atom. The van der Waals surface area contributed by atoms with E-state index >= 15 is 0 Å². The molecule has 0 saturated carbocycles. The van der Waals surface area contributed by atoms with Gasteiger partial charge in [-0.05, 0) is 98.2 Å². The molecule has 3 nitrogen and oxygen atoms in total.